The maximum absolute atomic E-state index is 13.5. The lowest BCUT2D eigenvalue weighted by atomic mass is 9.98. The third-order valence-electron chi connectivity index (χ3n) is 5.90. The Morgan fingerprint density at radius 1 is 0.907 bits per heavy atom. The lowest BCUT2D eigenvalue weighted by Crippen LogP contribution is -2.41. The Kier molecular flexibility index (Phi) is 9.94. The number of carbonyl (C=O) groups is 4. The van der Waals surface area contributed by atoms with Gasteiger partial charge in [0, 0.05) is 49.2 Å². The molecule has 2 aliphatic heterocycles. The number of alkyl halides is 6. The summed E-state index contributed by atoms with van der Waals surface area (Å²) in [5, 5.41) is 17.0. The second-order valence-corrected chi connectivity index (χ2v) is 8.71. The molecular formula is C25H22F6N6O6. The van der Waals surface area contributed by atoms with Crippen molar-refractivity contribution in [2.75, 3.05) is 24.5 Å². The molecule has 1 fully saturated rings. The van der Waals surface area contributed by atoms with Crippen molar-refractivity contribution in [3.63, 3.8) is 0 Å². The molecule has 1 saturated heterocycles. The number of aliphatic carboxylic acids is 2. The third kappa shape index (κ3) is 8.20. The first-order chi connectivity index (χ1) is 20.1. The lowest BCUT2D eigenvalue weighted by Gasteiger charge is -2.34. The first-order valence-electron chi connectivity index (χ1n) is 12.1. The van der Waals surface area contributed by atoms with E-state index in [1.807, 2.05) is 35.2 Å². The molecule has 43 heavy (non-hydrogen) atoms. The van der Waals surface area contributed by atoms with Crippen molar-refractivity contribution in [2.24, 2.45) is 0 Å². The van der Waals surface area contributed by atoms with Gasteiger partial charge in [-0.1, -0.05) is 12.1 Å². The molecule has 12 nitrogen and oxygen atoms in total. The number of imidazole rings is 1. The van der Waals surface area contributed by atoms with Crippen molar-refractivity contribution >= 4 is 29.6 Å². The number of H-pyrrole nitrogens is 1. The number of carbonyl (C=O) groups excluding carboxylic acids is 2. The van der Waals surface area contributed by atoms with Crippen LogP contribution >= 0.6 is 0 Å². The predicted octanol–water partition coefficient (Wildman–Crippen LogP) is 3.39. The molecular weight excluding hydrogens is 594 g/mol. The maximum atomic E-state index is 13.5. The first kappa shape index (κ1) is 32.4. The first-order valence-corrected chi connectivity index (χ1v) is 12.1. The SMILES string of the molecule is O=C(O)C(F)(F)F.O=C(O)C(F)(F)F.O=C1NCCN1c1cccc(C(=O)N2CCc3[nH]cnc3C2c2ccccn2)c1. The van der Waals surface area contributed by atoms with Gasteiger partial charge in [-0.2, -0.15) is 26.3 Å². The lowest BCUT2D eigenvalue weighted by molar-refractivity contribution is -0.193. The van der Waals surface area contributed by atoms with Crippen molar-refractivity contribution < 1.29 is 55.7 Å². The van der Waals surface area contributed by atoms with Crippen LogP contribution in [0.3, 0.4) is 0 Å². The smallest absolute Gasteiger partial charge is 0.475 e. The number of carboxylic acid groups (broad SMARTS) is 2. The van der Waals surface area contributed by atoms with Gasteiger partial charge in [0.2, 0.25) is 0 Å². The third-order valence-corrected chi connectivity index (χ3v) is 5.90. The van der Waals surface area contributed by atoms with Crippen molar-refractivity contribution in [3.8, 4) is 0 Å². The molecule has 4 N–H and O–H groups in total. The molecule has 4 heterocycles. The van der Waals surface area contributed by atoms with Gasteiger partial charge in [-0.05, 0) is 30.3 Å². The number of halogens is 6. The molecule has 0 spiro atoms. The summed E-state index contributed by atoms with van der Waals surface area (Å²) in [5.74, 6) is -5.62. The van der Waals surface area contributed by atoms with E-state index in [2.05, 4.69) is 20.3 Å². The Hall–Kier alpha value is -5.16. The highest BCUT2D eigenvalue weighted by Gasteiger charge is 2.39. The Morgan fingerprint density at radius 2 is 1.56 bits per heavy atom. The number of anilines is 1. The largest absolute Gasteiger partial charge is 0.490 e. The van der Waals surface area contributed by atoms with Crippen LogP contribution < -0.4 is 10.2 Å². The van der Waals surface area contributed by atoms with Gasteiger partial charge < -0.3 is 25.4 Å². The van der Waals surface area contributed by atoms with Crippen LogP contribution in [0.5, 0.6) is 0 Å². The molecule has 1 aromatic carbocycles. The second kappa shape index (κ2) is 13.2. The van der Waals surface area contributed by atoms with Crippen LogP contribution in [0, 0.1) is 0 Å². The van der Waals surface area contributed by atoms with Crippen LogP contribution in [0.25, 0.3) is 0 Å². The summed E-state index contributed by atoms with van der Waals surface area (Å²) >= 11 is 0. The highest BCUT2D eigenvalue weighted by atomic mass is 19.4. The Labute approximate surface area is 238 Å². The quantitative estimate of drug-likeness (QED) is 0.325. The van der Waals surface area contributed by atoms with E-state index in [0.29, 0.717) is 31.6 Å². The Morgan fingerprint density at radius 3 is 2.09 bits per heavy atom. The van der Waals surface area contributed by atoms with E-state index in [-0.39, 0.29) is 18.0 Å². The average molecular weight is 616 g/mol. The molecule has 0 bridgehead atoms. The predicted molar refractivity (Wildman–Crippen MR) is 134 cm³/mol. The topological polar surface area (TPSA) is 169 Å². The fourth-order valence-electron chi connectivity index (χ4n) is 4.02. The van der Waals surface area contributed by atoms with Gasteiger partial charge in [0.05, 0.1) is 17.7 Å². The van der Waals surface area contributed by atoms with E-state index < -0.39 is 24.3 Å². The number of aromatic amines is 1. The van der Waals surface area contributed by atoms with Crippen LogP contribution in [0.15, 0.2) is 55.0 Å². The Balaban J connectivity index is 0.000000303. The molecule has 1 unspecified atom stereocenters. The zero-order valence-corrected chi connectivity index (χ0v) is 21.7. The van der Waals surface area contributed by atoms with Gasteiger partial charge in [0.1, 0.15) is 6.04 Å². The average Bonchev–Trinajstić information content (AvgIpc) is 3.61. The van der Waals surface area contributed by atoms with Gasteiger partial charge in [-0.3, -0.25) is 14.7 Å². The molecule has 0 radical (unpaired) electrons. The molecule has 2 aliphatic rings. The number of hydrogen-bond acceptors (Lipinski definition) is 6. The molecule has 0 aliphatic carbocycles. The van der Waals surface area contributed by atoms with E-state index in [0.717, 1.165) is 22.8 Å². The standard InChI is InChI=1S/C21H20N6O2.2C2HF3O2/c28-20(14-4-3-5-15(12-14)26-11-9-23-21(26)29)27-10-7-16-18(25-13-24-16)19(27)17-6-1-2-8-22-17;2*3-2(4,5)1(6)7/h1-6,8,12-13,19H,7,9-11H2,(H,23,29)(H,24,25);2*(H,6,7). The van der Waals surface area contributed by atoms with Gasteiger partial charge in [0.15, 0.2) is 0 Å². The van der Waals surface area contributed by atoms with Crippen LogP contribution in [-0.2, 0) is 16.0 Å². The van der Waals surface area contributed by atoms with Gasteiger partial charge in [-0.25, -0.2) is 19.4 Å². The second-order valence-electron chi connectivity index (χ2n) is 8.71. The number of benzene rings is 1. The van der Waals surface area contributed by atoms with Gasteiger partial charge in [-0.15, -0.1) is 0 Å². The summed E-state index contributed by atoms with van der Waals surface area (Å²) < 4.78 is 63.5. The number of amides is 3. The molecule has 230 valence electrons. The summed E-state index contributed by atoms with van der Waals surface area (Å²) in [6, 6.07) is 12.4. The van der Waals surface area contributed by atoms with E-state index in [4.69, 9.17) is 19.8 Å². The van der Waals surface area contributed by atoms with Crippen LogP contribution in [0.1, 0.15) is 33.5 Å². The minimum atomic E-state index is -5.08. The molecule has 3 amide bonds. The minimum absolute atomic E-state index is 0.101. The molecule has 3 aromatic rings. The molecule has 2 aromatic heterocycles. The fraction of sp³-hybridized carbons (Fsp3) is 0.280. The fourth-order valence-corrected chi connectivity index (χ4v) is 4.02. The van der Waals surface area contributed by atoms with Crippen molar-refractivity contribution in [1.29, 1.82) is 0 Å². The van der Waals surface area contributed by atoms with Crippen molar-refractivity contribution in [2.45, 2.75) is 24.8 Å². The van der Waals surface area contributed by atoms with Crippen molar-refractivity contribution in [3.05, 3.63) is 77.6 Å². The Bertz CT molecular complexity index is 1440. The number of aromatic nitrogens is 3. The van der Waals surface area contributed by atoms with E-state index >= 15 is 0 Å². The highest BCUT2D eigenvalue weighted by Crippen LogP contribution is 2.33. The molecule has 1 atom stereocenters. The molecule has 5 rings (SSSR count). The van der Waals surface area contributed by atoms with Gasteiger partial charge in [0.25, 0.3) is 5.91 Å². The summed E-state index contributed by atoms with van der Waals surface area (Å²) in [5.41, 5.74) is 3.91. The maximum Gasteiger partial charge on any atom is 0.490 e. The number of rotatable bonds is 3. The summed E-state index contributed by atoms with van der Waals surface area (Å²) in [4.78, 5) is 58.9. The highest BCUT2D eigenvalue weighted by molar-refractivity contribution is 5.98. The number of fused-ring (bicyclic) bond motifs is 1. The molecule has 18 heteroatoms. The van der Waals surface area contributed by atoms with Crippen LogP contribution in [-0.4, -0.2) is 85.9 Å². The monoisotopic (exact) mass is 616 g/mol. The van der Waals surface area contributed by atoms with E-state index in [1.54, 1.807) is 29.6 Å². The molecule has 0 saturated carbocycles. The number of carboxylic acids is 2. The number of nitrogens with zero attached hydrogens (tertiary/aromatic N) is 4. The summed E-state index contributed by atoms with van der Waals surface area (Å²) in [6.07, 6.45) is -6.06. The zero-order valence-electron chi connectivity index (χ0n) is 21.7. The summed E-state index contributed by atoms with van der Waals surface area (Å²) in [6.45, 7) is 1.75. The van der Waals surface area contributed by atoms with Gasteiger partial charge >= 0.3 is 30.3 Å². The van der Waals surface area contributed by atoms with E-state index in [9.17, 15) is 35.9 Å². The normalized spacial score (nSPS) is 16.1. The minimum Gasteiger partial charge on any atom is -0.475 e. The van der Waals surface area contributed by atoms with E-state index in [1.165, 1.54) is 0 Å². The number of urea groups is 1. The zero-order chi connectivity index (χ0) is 31.9. The number of pyridine rings is 1. The summed E-state index contributed by atoms with van der Waals surface area (Å²) in [7, 11) is 0. The number of nitrogens with one attached hydrogen (secondary N) is 2. The number of hydrogen-bond donors (Lipinski definition) is 4. The van der Waals surface area contributed by atoms with Crippen LogP contribution in [0.4, 0.5) is 36.8 Å². The van der Waals surface area contributed by atoms with Crippen LogP contribution in [0.2, 0.25) is 0 Å². The van der Waals surface area contributed by atoms with Crippen molar-refractivity contribution in [1.82, 2.24) is 25.2 Å².